The summed E-state index contributed by atoms with van der Waals surface area (Å²) in [7, 11) is 0. The molecule has 0 amide bonds. The molecule has 0 aliphatic rings. The lowest BCUT2D eigenvalue weighted by atomic mass is 10.3. The SMILES string of the molecule is Sc1sc2ccc(Br)cc2c1I. The molecule has 1 aromatic heterocycles. The summed E-state index contributed by atoms with van der Waals surface area (Å²) in [6.07, 6.45) is 0. The molecule has 0 unspecified atom stereocenters. The fraction of sp³-hybridized carbons (Fsp3) is 0. The molecule has 0 saturated heterocycles. The average molecular weight is 371 g/mol. The Morgan fingerprint density at radius 1 is 1.42 bits per heavy atom. The van der Waals surface area contributed by atoms with Crippen molar-refractivity contribution in [1.82, 2.24) is 0 Å². The van der Waals surface area contributed by atoms with E-state index in [-0.39, 0.29) is 0 Å². The van der Waals surface area contributed by atoms with Gasteiger partial charge >= 0.3 is 0 Å². The van der Waals surface area contributed by atoms with Crippen molar-refractivity contribution in [2.45, 2.75) is 4.21 Å². The summed E-state index contributed by atoms with van der Waals surface area (Å²) < 4.78 is 4.77. The van der Waals surface area contributed by atoms with Crippen molar-refractivity contribution in [2.75, 3.05) is 0 Å². The Balaban J connectivity index is 2.88. The van der Waals surface area contributed by atoms with E-state index in [1.54, 1.807) is 11.3 Å². The molecule has 0 atom stereocenters. The van der Waals surface area contributed by atoms with Gasteiger partial charge in [0.05, 0.1) is 4.21 Å². The number of benzene rings is 1. The zero-order valence-electron chi connectivity index (χ0n) is 5.84. The summed E-state index contributed by atoms with van der Waals surface area (Å²) in [4.78, 5) is 0. The zero-order valence-corrected chi connectivity index (χ0v) is 11.3. The highest BCUT2D eigenvalue weighted by Crippen LogP contribution is 2.35. The summed E-state index contributed by atoms with van der Waals surface area (Å²) in [6, 6.07) is 6.31. The Kier molecular flexibility index (Phi) is 2.69. The molecule has 0 radical (unpaired) electrons. The molecule has 12 heavy (non-hydrogen) atoms. The minimum Gasteiger partial charge on any atom is -0.132 e. The fourth-order valence-corrected chi connectivity index (χ4v) is 3.58. The number of thiophene rings is 1. The Bertz CT molecular complexity index is 436. The first-order valence-corrected chi connectivity index (χ1v) is 6.38. The molecule has 0 nitrogen and oxygen atoms in total. The van der Waals surface area contributed by atoms with Gasteiger partial charge in [-0.25, -0.2) is 0 Å². The summed E-state index contributed by atoms with van der Waals surface area (Å²) in [5, 5.41) is 1.29. The first kappa shape index (κ1) is 9.30. The highest BCUT2D eigenvalue weighted by atomic mass is 127. The molecule has 0 saturated carbocycles. The van der Waals surface area contributed by atoms with Crippen LogP contribution in [0.15, 0.2) is 26.9 Å². The van der Waals surface area contributed by atoms with Gasteiger partial charge in [0, 0.05) is 18.1 Å². The first-order chi connectivity index (χ1) is 5.68. The van der Waals surface area contributed by atoms with Crippen LogP contribution in [-0.2, 0) is 0 Å². The maximum atomic E-state index is 4.39. The van der Waals surface area contributed by atoms with Gasteiger partial charge in [0.1, 0.15) is 0 Å². The summed E-state index contributed by atoms with van der Waals surface area (Å²) >= 11 is 11.9. The van der Waals surface area contributed by atoms with E-state index in [9.17, 15) is 0 Å². The van der Waals surface area contributed by atoms with Crippen LogP contribution in [0, 0.1) is 3.57 Å². The van der Waals surface area contributed by atoms with Crippen LogP contribution in [-0.4, -0.2) is 0 Å². The predicted molar refractivity (Wildman–Crippen MR) is 69.5 cm³/mol. The molecule has 62 valence electrons. The zero-order chi connectivity index (χ0) is 8.72. The smallest absolute Gasteiger partial charge is 0.0714 e. The van der Waals surface area contributed by atoms with E-state index in [0.717, 1.165) is 8.68 Å². The van der Waals surface area contributed by atoms with E-state index in [1.807, 2.05) is 0 Å². The third kappa shape index (κ3) is 1.54. The van der Waals surface area contributed by atoms with Crippen molar-refractivity contribution >= 4 is 72.6 Å². The lowest BCUT2D eigenvalue weighted by molar-refractivity contribution is 1.67. The van der Waals surface area contributed by atoms with Crippen LogP contribution in [0.1, 0.15) is 0 Å². The van der Waals surface area contributed by atoms with Crippen molar-refractivity contribution in [3.8, 4) is 0 Å². The Hall–Kier alpha value is 0.740. The molecule has 0 aliphatic heterocycles. The molecule has 0 aliphatic carbocycles. The van der Waals surface area contributed by atoms with E-state index in [1.165, 1.54) is 13.7 Å². The van der Waals surface area contributed by atoms with Crippen LogP contribution in [0.3, 0.4) is 0 Å². The number of thiol groups is 1. The standard InChI is InChI=1S/C8H4BrIS2/c9-4-1-2-6-5(3-4)7(10)8(11)12-6/h1-3,11H. The third-order valence-electron chi connectivity index (χ3n) is 1.57. The maximum Gasteiger partial charge on any atom is 0.0714 e. The molecule has 0 spiro atoms. The number of fused-ring (bicyclic) bond motifs is 1. The Morgan fingerprint density at radius 3 is 2.92 bits per heavy atom. The topological polar surface area (TPSA) is 0 Å². The highest BCUT2D eigenvalue weighted by molar-refractivity contribution is 14.1. The van der Waals surface area contributed by atoms with Gasteiger partial charge in [-0.2, -0.15) is 0 Å². The first-order valence-electron chi connectivity index (χ1n) is 3.25. The van der Waals surface area contributed by atoms with E-state index in [4.69, 9.17) is 0 Å². The van der Waals surface area contributed by atoms with Crippen LogP contribution in [0.25, 0.3) is 10.1 Å². The van der Waals surface area contributed by atoms with E-state index < -0.39 is 0 Å². The van der Waals surface area contributed by atoms with E-state index >= 15 is 0 Å². The molecule has 2 aromatic rings. The van der Waals surface area contributed by atoms with Gasteiger partial charge in [-0.3, -0.25) is 0 Å². The van der Waals surface area contributed by atoms with Crippen LogP contribution < -0.4 is 0 Å². The van der Waals surface area contributed by atoms with Crippen molar-refractivity contribution in [1.29, 1.82) is 0 Å². The normalized spacial score (nSPS) is 10.9. The third-order valence-corrected chi connectivity index (χ3v) is 5.45. The lowest BCUT2D eigenvalue weighted by Gasteiger charge is -1.91. The maximum absolute atomic E-state index is 4.39. The van der Waals surface area contributed by atoms with Crippen molar-refractivity contribution < 1.29 is 0 Å². The van der Waals surface area contributed by atoms with Crippen LogP contribution in [0.4, 0.5) is 0 Å². The molecular formula is C8H4BrIS2. The summed E-state index contributed by atoms with van der Waals surface area (Å²) in [5.74, 6) is 0. The highest BCUT2D eigenvalue weighted by Gasteiger charge is 2.06. The van der Waals surface area contributed by atoms with Gasteiger partial charge in [0.25, 0.3) is 0 Å². The fourth-order valence-electron chi connectivity index (χ4n) is 1.03. The Morgan fingerprint density at radius 2 is 2.17 bits per heavy atom. The van der Waals surface area contributed by atoms with E-state index in [2.05, 4.69) is 69.3 Å². The molecule has 0 bridgehead atoms. The number of rotatable bonds is 0. The molecule has 0 fully saturated rings. The minimum absolute atomic E-state index is 1.10. The van der Waals surface area contributed by atoms with Gasteiger partial charge in [-0.1, -0.05) is 15.9 Å². The van der Waals surface area contributed by atoms with Crippen LogP contribution >= 0.6 is 62.5 Å². The van der Waals surface area contributed by atoms with Crippen LogP contribution in [0.5, 0.6) is 0 Å². The Labute approximate surface area is 102 Å². The van der Waals surface area contributed by atoms with Crippen molar-refractivity contribution in [3.05, 3.63) is 26.2 Å². The average Bonchev–Trinajstić information content (AvgIpc) is 2.31. The van der Waals surface area contributed by atoms with Gasteiger partial charge in [-0.05, 0) is 40.8 Å². The second-order valence-corrected chi connectivity index (χ2v) is 6.16. The summed E-state index contributed by atoms with van der Waals surface area (Å²) in [6.45, 7) is 0. The lowest BCUT2D eigenvalue weighted by Crippen LogP contribution is -1.67. The van der Waals surface area contributed by atoms with E-state index in [0.29, 0.717) is 0 Å². The van der Waals surface area contributed by atoms with Crippen molar-refractivity contribution in [2.24, 2.45) is 0 Å². The molecular weight excluding hydrogens is 367 g/mol. The van der Waals surface area contributed by atoms with Gasteiger partial charge in [-0.15, -0.1) is 24.0 Å². The van der Waals surface area contributed by atoms with Gasteiger partial charge < -0.3 is 0 Å². The predicted octanol–water partition coefficient (Wildman–Crippen LogP) is 4.56. The van der Waals surface area contributed by atoms with Gasteiger partial charge in [0.15, 0.2) is 0 Å². The second kappa shape index (κ2) is 3.48. The van der Waals surface area contributed by atoms with Gasteiger partial charge in [0.2, 0.25) is 0 Å². The minimum atomic E-state index is 1.10. The van der Waals surface area contributed by atoms with Crippen LogP contribution in [0.2, 0.25) is 0 Å². The quantitative estimate of drug-likeness (QED) is 0.510. The number of hydrogen-bond acceptors (Lipinski definition) is 2. The monoisotopic (exact) mass is 370 g/mol. The molecule has 1 aromatic carbocycles. The molecule has 4 heteroatoms. The largest absolute Gasteiger partial charge is 0.132 e. The number of hydrogen-bond donors (Lipinski definition) is 1. The number of halogens is 2. The molecule has 1 heterocycles. The molecule has 0 N–H and O–H groups in total. The summed E-state index contributed by atoms with van der Waals surface area (Å²) in [5.41, 5.74) is 0. The molecule has 2 rings (SSSR count). The van der Waals surface area contributed by atoms with Crippen molar-refractivity contribution in [3.63, 3.8) is 0 Å². The second-order valence-electron chi connectivity index (χ2n) is 2.36.